The largest absolute Gasteiger partial charge is 0.253 e. The topological polar surface area (TPSA) is 29.6 Å². The normalized spacial score (nSPS) is 12.0. The minimum absolute atomic E-state index is 0.185. The molecule has 0 aliphatic rings. The molecule has 0 bridgehead atoms. The Morgan fingerprint density at radius 3 is 2.44 bits per heavy atom. The second-order valence-electron chi connectivity index (χ2n) is 5.09. The van der Waals surface area contributed by atoms with Gasteiger partial charge in [-0.05, 0) is 12.1 Å². The average Bonchev–Trinajstić information content (AvgIpc) is 3.03. The van der Waals surface area contributed by atoms with Gasteiger partial charge in [0, 0.05) is 10.9 Å². The Balaban J connectivity index is 2.11. The summed E-state index contributed by atoms with van der Waals surface area (Å²) in [4.78, 5) is 5.01. The van der Waals surface area contributed by atoms with Gasteiger partial charge in [-0.2, -0.15) is 5.10 Å². The van der Waals surface area contributed by atoms with Crippen LogP contribution in [0, 0.1) is 11.6 Å². The van der Waals surface area contributed by atoms with Gasteiger partial charge in [-0.1, -0.05) is 42.5 Å². The van der Waals surface area contributed by atoms with Crippen molar-refractivity contribution in [3.8, 4) is 11.3 Å². The van der Waals surface area contributed by atoms with Crippen molar-refractivity contribution in [2.75, 3.05) is 6.54 Å². The smallest absolute Gasteiger partial charge is 0.206 e. The molecule has 3 aromatic rings. The SMILES string of the molecule is C=CCN=c1scc(-c2ccccc2)n1N=Cc1c(F)cccc1F. The van der Waals surface area contributed by atoms with E-state index in [9.17, 15) is 8.78 Å². The highest BCUT2D eigenvalue weighted by atomic mass is 32.1. The van der Waals surface area contributed by atoms with E-state index in [1.54, 1.807) is 10.8 Å². The predicted molar refractivity (Wildman–Crippen MR) is 97.7 cm³/mol. The second-order valence-corrected chi connectivity index (χ2v) is 5.93. The van der Waals surface area contributed by atoms with Crippen LogP contribution >= 0.6 is 11.3 Å². The highest BCUT2D eigenvalue weighted by Gasteiger charge is 2.09. The number of rotatable bonds is 5. The Morgan fingerprint density at radius 2 is 1.76 bits per heavy atom. The van der Waals surface area contributed by atoms with Crippen molar-refractivity contribution in [1.29, 1.82) is 0 Å². The monoisotopic (exact) mass is 355 g/mol. The molecule has 126 valence electrons. The number of hydrogen-bond donors (Lipinski definition) is 0. The van der Waals surface area contributed by atoms with Crippen molar-refractivity contribution in [2.24, 2.45) is 10.1 Å². The van der Waals surface area contributed by atoms with Gasteiger partial charge in [0.15, 0.2) is 0 Å². The summed E-state index contributed by atoms with van der Waals surface area (Å²) in [5, 5.41) is 6.19. The summed E-state index contributed by atoms with van der Waals surface area (Å²) < 4.78 is 29.2. The molecule has 0 spiro atoms. The fraction of sp³-hybridized carbons (Fsp3) is 0.0526. The van der Waals surface area contributed by atoms with Crippen LogP contribution in [-0.2, 0) is 0 Å². The average molecular weight is 355 g/mol. The second kappa shape index (κ2) is 7.81. The zero-order valence-corrected chi connectivity index (χ0v) is 14.1. The molecule has 0 aliphatic carbocycles. The fourth-order valence-corrected chi connectivity index (χ4v) is 3.07. The maximum Gasteiger partial charge on any atom is 0.206 e. The first-order valence-electron chi connectivity index (χ1n) is 7.56. The Bertz CT molecular complexity index is 952. The van der Waals surface area contributed by atoms with Gasteiger partial charge in [-0.3, -0.25) is 4.99 Å². The van der Waals surface area contributed by atoms with Crippen LogP contribution in [0.5, 0.6) is 0 Å². The van der Waals surface area contributed by atoms with E-state index >= 15 is 0 Å². The standard InChI is InChI=1S/C19H15F2N3S/c1-2-11-22-19-24(18(13-25-19)14-7-4-3-5-8-14)23-12-15-16(20)9-6-10-17(15)21/h2-10,12-13H,1,11H2. The van der Waals surface area contributed by atoms with Gasteiger partial charge < -0.3 is 0 Å². The molecule has 2 aromatic carbocycles. The third-order valence-electron chi connectivity index (χ3n) is 3.41. The van der Waals surface area contributed by atoms with Gasteiger partial charge in [0.2, 0.25) is 4.80 Å². The van der Waals surface area contributed by atoms with E-state index in [0.717, 1.165) is 11.3 Å². The van der Waals surface area contributed by atoms with Crippen LogP contribution in [0.15, 0.2) is 76.7 Å². The molecule has 3 rings (SSSR count). The van der Waals surface area contributed by atoms with E-state index in [-0.39, 0.29) is 5.56 Å². The molecule has 0 aliphatic heterocycles. The number of benzene rings is 2. The van der Waals surface area contributed by atoms with Crippen LogP contribution in [0.2, 0.25) is 0 Å². The summed E-state index contributed by atoms with van der Waals surface area (Å²) in [5.41, 5.74) is 1.54. The molecule has 0 N–H and O–H groups in total. The van der Waals surface area contributed by atoms with Gasteiger partial charge in [-0.15, -0.1) is 17.9 Å². The van der Waals surface area contributed by atoms with Crippen molar-refractivity contribution in [3.63, 3.8) is 0 Å². The number of nitrogens with zero attached hydrogens (tertiary/aromatic N) is 3. The molecular formula is C19H15F2N3S. The van der Waals surface area contributed by atoms with Crippen LogP contribution in [-0.4, -0.2) is 17.4 Å². The molecule has 0 radical (unpaired) electrons. The lowest BCUT2D eigenvalue weighted by molar-refractivity contribution is 0.579. The number of thiazole rings is 1. The summed E-state index contributed by atoms with van der Waals surface area (Å²) >= 11 is 1.40. The van der Waals surface area contributed by atoms with Crippen molar-refractivity contribution >= 4 is 17.6 Å². The number of halogens is 2. The highest BCUT2D eigenvalue weighted by molar-refractivity contribution is 7.07. The molecule has 1 aromatic heterocycles. The summed E-state index contributed by atoms with van der Waals surface area (Å²) in [6.07, 6.45) is 2.85. The number of hydrogen-bond acceptors (Lipinski definition) is 3. The molecule has 0 unspecified atom stereocenters. The lowest BCUT2D eigenvalue weighted by Crippen LogP contribution is -2.13. The Morgan fingerprint density at radius 1 is 1.04 bits per heavy atom. The summed E-state index contributed by atoms with van der Waals surface area (Å²) in [7, 11) is 0. The Labute approximate surface area is 147 Å². The fourth-order valence-electron chi connectivity index (χ4n) is 2.22. The lowest BCUT2D eigenvalue weighted by atomic mass is 10.2. The third kappa shape index (κ3) is 3.80. The van der Waals surface area contributed by atoms with Crippen LogP contribution in [0.1, 0.15) is 5.56 Å². The van der Waals surface area contributed by atoms with Crippen LogP contribution in [0.3, 0.4) is 0 Å². The molecule has 0 fully saturated rings. The lowest BCUT2D eigenvalue weighted by Gasteiger charge is -2.04. The van der Waals surface area contributed by atoms with Crippen LogP contribution < -0.4 is 4.80 Å². The maximum absolute atomic E-state index is 13.8. The third-order valence-corrected chi connectivity index (χ3v) is 4.27. The highest BCUT2D eigenvalue weighted by Crippen LogP contribution is 2.20. The van der Waals surface area contributed by atoms with E-state index < -0.39 is 11.6 Å². The van der Waals surface area contributed by atoms with Gasteiger partial charge in [0.05, 0.1) is 24.0 Å². The first kappa shape index (κ1) is 17.0. The summed E-state index contributed by atoms with van der Waals surface area (Å²) in [6.45, 7) is 4.08. The van der Waals surface area contributed by atoms with Gasteiger partial charge >= 0.3 is 0 Å². The van der Waals surface area contributed by atoms with Crippen molar-refractivity contribution < 1.29 is 8.78 Å². The Kier molecular flexibility index (Phi) is 5.30. The van der Waals surface area contributed by atoms with Gasteiger partial charge in [0.25, 0.3) is 0 Å². The quantitative estimate of drug-likeness (QED) is 0.478. The molecule has 0 saturated carbocycles. The molecular weight excluding hydrogens is 340 g/mol. The van der Waals surface area contributed by atoms with Gasteiger partial charge in [0.1, 0.15) is 11.6 Å². The molecule has 3 nitrogen and oxygen atoms in total. The minimum Gasteiger partial charge on any atom is -0.253 e. The van der Waals surface area contributed by atoms with E-state index in [1.807, 2.05) is 35.7 Å². The Hall–Kier alpha value is -2.86. The van der Waals surface area contributed by atoms with E-state index in [4.69, 9.17) is 0 Å². The molecule has 25 heavy (non-hydrogen) atoms. The van der Waals surface area contributed by atoms with E-state index in [0.29, 0.717) is 11.3 Å². The zero-order valence-electron chi connectivity index (χ0n) is 13.3. The number of aromatic nitrogens is 1. The molecule has 1 heterocycles. The van der Waals surface area contributed by atoms with Gasteiger partial charge in [-0.25, -0.2) is 13.5 Å². The predicted octanol–water partition coefficient (Wildman–Crippen LogP) is 4.46. The molecule has 0 amide bonds. The van der Waals surface area contributed by atoms with E-state index in [1.165, 1.54) is 35.8 Å². The molecule has 6 heteroatoms. The summed E-state index contributed by atoms with van der Waals surface area (Å²) in [5.74, 6) is -1.32. The minimum atomic E-state index is -0.662. The molecule has 0 atom stereocenters. The van der Waals surface area contributed by atoms with Crippen molar-refractivity contribution in [2.45, 2.75) is 0 Å². The first-order valence-corrected chi connectivity index (χ1v) is 8.44. The van der Waals surface area contributed by atoms with Crippen molar-refractivity contribution in [3.05, 3.63) is 88.6 Å². The molecule has 0 saturated heterocycles. The van der Waals surface area contributed by atoms with Crippen molar-refractivity contribution in [1.82, 2.24) is 4.68 Å². The zero-order chi connectivity index (χ0) is 17.6. The van der Waals surface area contributed by atoms with Crippen LogP contribution in [0.25, 0.3) is 11.3 Å². The van der Waals surface area contributed by atoms with E-state index in [2.05, 4.69) is 16.7 Å². The summed E-state index contributed by atoms with van der Waals surface area (Å²) in [6, 6.07) is 13.3. The maximum atomic E-state index is 13.8. The van der Waals surface area contributed by atoms with Crippen LogP contribution in [0.4, 0.5) is 8.78 Å². The first-order chi connectivity index (χ1) is 12.2.